The molecule has 0 aromatic carbocycles. The maximum atomic E-state index is 11.8. The highest BCUT2D eigenvalue weighted by Crippen LogP contribution is 2.75. The molecule has 0 aliphatic heterocycles. The zero-order valence-electron chi connectivity index (χ0n) is 10.5. The van der Waals surface area contributed by atoms with E-state index in [1.807, 2.05) is 0 Å². The zero-order valence-corrected chi connectivity index (χ0v) is 10.5. The third-order valence-electron chi connectivity index (χ3n) is 6.94. The first kappa shape index (κ1) is 9.67. The molecule has 4 atom stereocenters. The summed E-state index contributed by atoms with van der Waals surface area (Å²) in [4.78, 5) is 11.8. The van der Waals surface area contributed by atoms with Gasteiger partial charge in [-0.05, 0) is 60.2 Å². The molecule has 0 aromatic rings. The van der Waals surface area contributed by atoms with Crippen molar-refractivity contribution in [3.05, 3.63) is 0 Å². The van der Waals surface area contributed by atoms with E-state index in [2.05, 4.69) is 13.8 Å². The molecule has 0 N–H and O–H groups in total. The Hall–Kier alpha value is -0.330. The van der Waals surface area contributed by atoms with Gasteiger partial charge in [-0.15, -0.1) is 0 Å². The highest BCUT2D eigenvalue weighted by Gasteiger charge is 2.68. The number of hydrogen-bond acceptors (Lipinski definition) is 1. The van der Waals surface area contributed by atoms with Crippen LogP contribution in [0.3, 0.4) is 0 Å². The zero-order chi connectivity index (χ0) is 11.2. The lowest BCUT2D eigenvalue weighted by Crippen LogP contribution is -2.32. The fraction of sp³-hybridized carbons (Fsp3) is 0.933. The maximum Gasteiger partial charge on any atom is 0.134 e. The van der Waals surface area contributed by atoms with E-state index in [0.717, 1.165) is 30.1 Å². The molecular formula is C15H22O. The summed E-state index contributed by atoms with van der Waals surface area (Å²) in [6, 6.07) is 0. The predicted octanol–water partition coefficient (Wildman–Crippen LogP) is 3.57. The van der Waals surface area contributed by atoms with E-state index in [1.54, 1.807) is 0 Å². The van der Waals surface area contributed by atoms with Crippen LogP contribution >= 0.6 is 0 Å². The minimum Gasteiger partial charge on any atom is -0.300 e. The molecule has 0 saturated heterocycles. The first-order valence-electron chi connectivity index (χ1n) is 6.98. The summed E-state index contributed by atoms with van der Waals surface area (Å²) < 4.78 is 0. The Kier molecular flexibility index (Phi) is 1.46. The van der Waals surface area contributed by atoms with E-state index in [-0.39, 0.29) is 0 Å². The van der Waals surface area contributed by atoms with Crippen molar-refractivity contribution in [3.63, 3.8) is 0 Å². The van der Waals surface area contributed by atoms with Gasteiger partial charge in [-0.3, -0.25) is 4.79 Å². The van der Waals surface area contributed by atoms with Crippen molar-refractivity contribution in [1.29, 1.82) is 0 Å². The lowest BCUT2D eigenvalue weighted by Gasteiger charge is -2.38. The first-order valence-corrected chi connectivity index (χ1v) is 6.98. The van der Waals surface area contributed by atoms with E-state index in [4.69, 9.17) is 0 Å². The molecule has 0 heterocycles. The van der Waals surface area contributed by atoms with Crippen LogP contribution in [0, 0.1) is 28.1 Å². The van der Waals surface area contributed by atoms with Gasteiger partial charge < -0.3 is 0 Å². The lowest BCUT2D eigenvalue weighted by molar-refractivity contribution is -0.118. The van der Waals surface area contributed by atoms with Crippen LogP contribution in [-0.2, 0) is 4.79 Å². The van der Waals surface area contributed by atoms with Gasteiger partial charge in [0.25, 0.3) is 0 Å². The van der Waals surface area contributed by atoms with E-state index in [9.17, 15) is 4.79 Å². The number of carbonyl (C=O) groups is 1. The van der Waals surface area contributed by atoms with Gasteiger partial charge >= 0.3 is 0 Å². The van der Waals surface area contributed by atoms with Gasteiger partial charge in [0.1, 0.15) is 5.78 Å². The fourth-order valence-corrected chi connectivity index (χ4v) is 5.75. The van der Waals surface area contributed by atoms with Gasteiger partial charge in [-0.25, -0.2) is 0 Å². The third kappa shape index (κ3) is 0.926. The second-order valence-corrected chi connectivity index (χ2v) is 7.85. The standard InChI is InChI=1S/C15H22O/c1-13-5-10-6-15(3-4-15)9-12(10)14(13,2)8-11(16)7-13/h10,12H,3-9H2,1-2H3/t10-,12+,13-,14-/m1/s1. The summed E-state index contributed by atoms with van der Waals surface area (Å²) in [5.74, 6) is 2.39. The van der Waals surface area contributed by atoms with Crippen molar-refractivity contribution in [2.24, 2.45) is 28.1 Å². The summed E-state index contributed by atoms with van der Waals surface area (Å²) in [5.41, 5.74) is 1.49. The van der Waals surface area contributed by atoms with Crippen LogP contribution < -0.4 is 0 Å². The second kappa shape index (κ2) is 2.42. The molecule has 1 nitrogen and oxygen atoms in total. The third-order valence-corrected chi connectivity index (χ3v) is 6.94. The Bertz CT molecular complexity index is 381. The monoisotopic (exact) mass is 218 g/mol. The highest BCUT2D eigenvalue weighted by molar-refractivity contribution is 5.83. The predicted molar refractivity (Wildman–Crippen MR) is 63.0 cm³/mol. The average Bonchev–Trinajstić information content (AvgIpc) is 2.69. The summed E-state index contributed by atoms with van der Waals surface area (Å²) in [7, 11) is 0. The molecule has 16 heavy (non-hydrogen) atoms. The maximum absolute atomic E-state index is 11.8. The Morgan fingerprint density at radius 2 is 1.81 bits per heavy atom. The highest BCUT2D eigenvalue weighted by atomic mass is 16.1. The SMILES string of the molecule is C[C@@]12CC(=O)C[C@]1(C)[C@H]1CC3(CC3)C[C@H]1C2. The second-order valence-electron chi connectivity index (χ2n) is 7.85. The molecule has 88 valence electrons. The number of hydrogen-bond donors (Lipinski definition) is 0. The van der Waals surface area contributed by atoms with Crippen LogP contribution in [0.5, 0.6) is 0 Å². The van der Waals surface area contributed by atoms with Crippen molar-refractivity contribution in [2.75, 3.05) is 0 Å². The molecular weight excluding hydrogens is 196 g/mol. The van der Waals surface area contributed by atoms with E-state index < -0.39 is 0 Å². The van der Waals surface area contributed by atoms with Crippen molar-refractivity contribution in [3.8, 4) is 0 Å². The molecule has 0 radical (unpaired) electrons. The minimum atomic E-state index is 0.357. The van der Waals surface area contributed by atoms with Crippen LogP contribution in [0.25, 0.3) is 0 Å². The molecule has 0 unspecified atom stereocenters. The number of rotatable bonds is 0. The van der Waals surface area contributed by atoms with E-state index >= 15 is 0 Å². The minimum absolute atomic E-state index is 0.357. The van der Waals surface area contributed by atoms with Gasteiger partial charge in [0, 0.05) is 12.8 Å². The number of carbonyl (C=O) groups excluding carboxylic acids is 1. The van der Waals surface area contributed by atoms with Crippen molar-refractivity contribution >= 4 is 5.78 Å². The van der Waals surface area contributed by atoms with Gasteiger partial charge in [0.05, 0.1) is 0 Å². The Labute approximate surface area is 98.0 Å². The molecule has 0 aromatic heterocycles. The Morgan fingerprint density at radius 1 is 1.06 bits per heavy atom. The van der Waals surface area contributed by atoms with Gasteiger partial charge in [-0.1, -0.05) is 13.8 Å². The molecule has 1 spiro atoms. The van der Waals surface area contributed by atoms with Crippen molar-refractivity contribution < 1.29 is 4.79 Å². The molecule has 0 amide bonds. The summed E-state index contributed by atoms with van der Waals surface area (Å²) in [5, 5.41) is 0. The van der Waals surface area contributed by atoms with Crippen LogP contribution in [-0.4, -0.2) is 5.78 Å². The number of fused-ring (bicyclic) bond motifs is 3. The molecule has 4 saturated carbocycles. The fourth-order valence-electron chi connectivity index (χ4n) is 5.75. The Morgan fingerprint density at radius 3 is 2.50 bits per heavy atom. The van der Waals surface area contributed by atoms with Gasteiger partial charge in [-0.2, -0.15) is 0 Å². The quantitative estimate of drug-likeness (QED) is 0.607. The van der Waals surface area contributed by atoms with Crippen LogP contribution in [0.2, 0.25) is 0 Å². The lowest BCUT2D eigenvalue weighted by atomic mass is 9.66. The van der Waals surface area contributed by atoms with Crippen LogP contribution in [0.4, 0.5) is 0 Å². The molecule has 0 bridgehead atoms. The summed E-state index contributed by atoms with van der Waals surface area (Å²) in [6.07, 6.45) is 9.04. The van der Waals surface area contributed by atoms with Crippen LogP contribution in [0.15, 0.2) is 0 Å². The smallest absolute Gasteiger partial charge is 0.134 e. The molecule has 4 aliphatic rings. The van der Waals surface area contributed by atoms with Gasteiger partial charge in [0.15, 0.2) is 0 Å². The number of ketones is 1. The average molecular weight is 218 g/mol. The number of Topliss-reactive ketones (excluding diaryl/α,β-unsaturated/α-hetero) is 1. The Balaban J connectivity index is 1.73. The summed E-state index contributed by atoms with van der Waals surface area (Å²) >= 11 is 0. The van der Waals surface area contributed by atoms with E-state index in [0.29, 0.717) is 16.6 Å². The topological polar surface area (TPSA) is 17.1 Å². The van der Waals surface area contributed by atoms with Crippen LogP contribution in [0.1, 0.15) is 58.8 Å². The van der Waals surface area contributed by atoms with E-state index in [1.165, 1.54) is 32.1 Å². The molecule has 4 fully saturated rings. The van der Waals surface area contributed by atoms with Crippen molar-refractivity contribution in [1.82, 2.24) is 0 Å². The largest absolute Gasteiger partial charge is 0.300 e. The van der Waals surface area contributed by atoms with Crippen molar-refractivity contribution in [2.45, 2.75) is 58.8 Å². The first-order chi connectivity index (χ1) is 7.47. The molecule has 4 rings (SSSR count). The van der Waals surface area contributed by atoms with Gasteiger partial charge in [0.2, 0.25) is 0 Å². The molecule has 1 heteroatoms. The normalized spacial score (nSPS) is 56.8. The molecule has 4 aliphatic carbocycles. The summed E-state index contributed by atoms with van der Waals surface area (Å²) in [6.45, 7) is 4.83.